The molecule has 0 rings (SSSR count). The number of esters is 3. The van der Waals surface area contributed by atoms with Gasteiger partial charge in [-0.15, -0.1) is 0 Å². The maximum absolute atomic E-state index is 12.8. The van der Waals surface area contributed by atoms with Gasteiger partial charge in [0.2, 0.25) is 0 Å². The van der Waals surface area contributed by atoms with Gasteiger partial charge in [-0.1, -0.05) is 249 Å². The molecule has 0 saturated carbocycles. The molecule has 0 saturated heterocycles. The monoisotopic (exact) mass is 883 g/mol. The molecule has 366 valence electrons. The summed E-state index contributed by atoms with van der Waals surface area (Å²) in [5.74, 6) is -1.03. The van der Waals surface area contributed by atoms with Crippen molar-refractivity contribution in [3.05, 3.63) is 48.6 Å². The van der Waals surface area contributed by atoms with Crippen molar-refractivity contribution >= 4 is 17.9 Å². The van der Waals surface area contributed by atoms with Crippen LogP contribution in [-0.4, -0.2) is 37.2 Å². The second-order valence-corrected chi connectivity index (χ2v) is 18.1. The van der Waals surface area contributed by atoms with Crippen LogP contribution < -0.4 is 0 Å². The fourth-order valence-corrected chi connectivity index (χ4v) is 7.79. The van der Waals surface area contributed by atoms with Crippen LogP contribution in [0.25, 0.3) is 0 Å². The highest BCUT2D eigenvalue weighted by Gasteiger charge is 2.19. The maximum atomic E-state index is 12.8. The van der Waals surface area contributed by atoms with E-state index in [9.17, 15) is 14.4 Å². The lowest BCUT2D eigenvalue weighted by molar-refractivity contribution is -0.166. The molecule has 0 aromatic heterocycles. The lowest BCUT2D eigenvalue weighted by atomic mass is 10.0. The first-order valence-electron chi connectivity index (χ1n) is 27.1. The van der Waals surface area contributed by atoms with Crippen LogP contribution >= 0.6 is 0 Å². The first-order chi connectivity index (χ1) is 31.0. The fraction of sp³-hybridized carbons (Fsp3) is 0.807. The van der Waals surface area contributed by atoms with Crippen LogP contribution in [-0.2, 0) is 28.6 Å². The van der Waals surface area contributed by atoms with Crippen molar-refractivity contribution in [2.45, 2.75) is 284 Å². The first-order valence-corrected chi connectivity index (χ1v) is 27.1. The fourth-order valence-electron chi connectivity index (χ4n) is 7.79. The van der Waals surface area contributed by atoms with Gasteiger partial charge in [-0.25, -0.2) is 0 Å². The van der Waals surface area contributed by atoms with Crippen molar-refractivity contribution in [2.75, 3.05) is 13.2 Å². The molecule has 63 heavy (non-hydrogen) atoms. The van der Waals surface area contributed by atoms with Gasteiger partial charge in [-0.2, -0.15) is 0 Å². The van der Waals surface area contributed by atoms with Gasteiger partial charge >= 0.3 is 17.9 Å². The molecule has 1 atom stereocenters. The summed E-state index contributed by atoms with van der Waals surface area (Å²) in [7, 11) is 0. The smallest absolute Gasteiger partial charge is 0.309 e. The summed E-state index contributed by atoms with van der Waals surface area (Å²) >= 11 is 0. The molecule has 0 aromatic carbocycles. The molecule has 0 aliphatic rings. The third-order valence-corrected chi connectivity index (χ3v) is 11.9. The van der Waals surface area contributed by atoms with Crippen molar-refractivity contribution in [3.8, 4) is 0 Å². The predicted octanol–water partition coefficient (Wildman–Crippen LogP) is 17.9. The highest BCUT2D eigenvalue weighted by molar-refractivity contribution is 5.72. The summed E-state index contributed by atoms with van der Waals surface area (Å²) < 4.78 is 16.7. The Balaban J connectivity index is 4.31. The molecule has 0 spiro atoms. The van der Waals surface area contributed by atoms with E-state index in [2.05, 4.69) is 57.2 Å². The van der Waals surface area contributed by atoms with Crippen molar-refractivity contribution < 1.29 is 28.6 Å². The van der Waals surface area contributed by atoms with E-state index in [1.54, 1.807) is 6.08 Å². The van der Waals surface area contributed by atoms with E-state index in [0.29, 0.717) is 12.8 Å². The SMILES string of the molecule is CC/C=C\C/C=C\C/C=C\CC(=O)OCC(COC(=O)CCCCCCC/C=C\CCCCCCCCCCC)OC(=O)CCCCCCCCCCCCCCCCCCCC. The zero-order chi connectivity index (χ0) is 45.8. The third kappa shape index (κ3) is 50.2. The summed E-state index contributed by atoms with van der Waals surface area (Å²) in [6.45, 7) is 6.45. The number of ether oxygens (including phenoxy) is 3. The summed E-state index contributed by atoms with van der Waals surface area (Å²) in [5, 5.41) is 0. The minimum Gasteiger partial charge on any atom is -0.462 e. The molecule has 6 nitrogen and oxygen atoms in total. The molecule has 0 aromatic rings. The molecular formula is C57H102O6. The molecule has 0 aliphatic carbocycles. The van der Waals surface area contributed by atoms with E-state index in [1.165, 1.54) is 173 Å². The number of allylic oxidation sites excluding steroid dienone is 7. The Hall–Kier alpha value is -2.63. The van der Waals surface area contributed by atoms with Crippen molar-refractivity contribution in [2.24, 2.45) is 0 Å². The van der Waals surface area contributed by atoms with Crippen molar-refractivity contribution in [1.82, 2.24) is 0 Å². The summed E-state index contributed by atoms with van der Waals surface area (Å²) in [5.41, 5.74) is 0. The van der Waals surface area contributed by atoms with E-state index < -0.39 is 12.1 Å². The Kier molecular flexibility index (Phi) is 49.8. The van der Waals surface area contributed by atoms with E-state index in [4.69, 9.17) is 14.2 Å². The van der Waals surface area contributed by atoms with Gasteiger partial charge in [0.05, 0.1) is 6.42 Å². The minimum atomic E-state index is -0.808. The van der Waals surface area contributed by atoms with Crippen LogP contribution in [0.5, 0.6) is 0 Å². The van der Waals surface area contributed by atoms with E-state index in [1.807, 2.05) is 6.08 Å². The second-order valence-electron chi connectivity index (χ2n) is 18.1. The quantitative estimate of drug-likeness (QED) is 0.0262. The van der Waals surface area contributed by atoms with Crippen LogP contribution in [0.1, 0.15) is 278 Å². The van der Waals surface area contributed by atoms with Gasteiger partial charge in [0.15, 0.2) is 6.10 Å². The molecule has 0 heterocycles. The standard InChI is InChI=1S/C57H102O6/c1-4-7-10-13-16-19-21-23-25-27-29-31-33-35-38-41-44-47-50-56(59)62-53-54(52-61-55(58)49-46-43-40-37-18-15-12-9-6-3)63-57(60)51-48-45-42-39-36-34-32-30-28-26-24-22-20-17-14-11-8-5-2/h9,12,18,29,31,37,43,46,54H,4-8,10-11,13-17,19-28,30,32-36,38-42,44-45,47-53H2,1-3H3/b12-9-,31-29-,37-18-,46-43-. The Bertz CT molecular complexity index is 1110. The van der Waals surface area contributed by atoms with Crippen LogP contribution in [0.15, 0.2) is 48.6 Å². The molecule has 0 fully saturated rings. The number of unbranched alkanes of at least 4 members (excludes halogenated alkanes) is 31. The summed E-state index contributed by atoms with van der Waals surface area (Å²) in [6, 6.07) is 0. The molecule has 0 radical (unpaired) electrons. The number of hydrogen-bond donors (Lipinski definition) is 0. The maximum Gasteiger partial charge on any atom is 0.309 e. The Morgan fingerprint density at radius 1 is 0.349 bits per heavy atom. The normalized spacial score (nSPS) is 12.4. The Morgan fingerprint density at radius 3 is 1.10 bits per heavy atom. The number of carbonyl (C=O) groups excluding carboxylic acids is 3. The summed E-state index contributed by atoms with van der Waals surface area (Å²) in [6.07, 6.45) is 62.9. The Morgan fingerprint density at radius 2 is 0.683 bits per heavy atom. The molecular weight excluding hydrogens is 781 g/mol. The molecule has 0 aliphatic heterocycles. The molecule has 0 amide bonds. The summed E-state index contributed by atoms with van der Waals surface area (Å²) in [4.78, 5) is 37.9. The largest absolute Gasteiger partial charge is 0.462 e. The van der Waals surface area contributed by atoms with Gasteiger partial charge in [-0.05, 0) is 57.8 Å². The van der Waals surface area contributed by atoms with Crippen LogP contribution in [0.3, 0.4) is 0 Å². The molecule has 6 heteroatoms. The predicted molar refractivity (Wildman–Crippen MR) is 270 cm³/mol. The highest BCUT2D eigenvalue weighted by Crippen LogP contribution is 2.16. The highest BCUT2D eigenvalue weighted by atomic mass is 16.6. The molecule has 0 N–H and O–H groups in total. The van der Waals surface area contributed by atoms with E-state index >= 15 is 0 Å². The van der Waals surface area contributed by atoms with Gasteiger partial charge in [-0.3, -0.25) is 14.4 Å². The Labute approximate surface area is 390 Å². The minimum absolute atomic E-state index is 0.102. The lowest BCUT2D eigenvalue weighted by Gasteiger charge is -2.18. The molecule has 0 bridgehead atoms. The van der Waals surface area contributed by atoms with Crippen molar-refractivity contribution in [3.63, 3.8) is 0 Å². The molecule has 1 unspecified atom stereocenters. The lowest BCUT2D eigenvalue weighted by Crippen LogP contribution is -2.30. The van der Waals surface area contributed by atoms with Gasteiger partial charge in [0, 0.05) is 12.8 Å². The van der Waals surface area contributed by atoms with Crippen LogP contribution in [0, 0.1) is 0 Å². The number of rotatable bonds is 49. The number of carbonyl (C=O) groups is 3. The van der Waals surface area contributed by atoms with Gasteiger partial charge < -0.3 is 14.2 Å². The topological polar surface area (TPSA) is 78.9 Å². The average Bonchev–Trinajstić information content (AvgIpc) is 3.28. The van der Waals surface area contributed by atoms with Crippen molar-refractivity contribution in [1.29, 1.82) is 0 Å². The van der Waals surface area contributed by atoms with Gasteiger partial charge in [0.25, 0.3) is 0 Å². The zero-order valence-electron chi connectivity index (χ0n) is 41.8. The zero-order valence-corrected chi connectivity index (χ0v) is 41.8. The third-order valence-electron chi connectivity index (χ3n) is 11.9. The van der Waals surface area contributed by atoms with E-state index in [0.717, 1.165) is 64.2 Å². The van der Waals surface area contributed by atoms with Gasteiger partial charge in [0.1, 0.15) is 13.2 Å². The van der Waals surface area contributed by atoms with E-state index in [-0.39, 0.29) is 31.6 Å². The number of hydrogen-bond acceptors (Lipinski definition) is 6. The average molecular weight is 883 g/mol. The van der Waals surface area contributed by atoms with Crippen LogP contribution in [0.4, 0.5) is 0 Å². The van der Waals surface area contributed by atoms with Crippen LogP contribution in [0.2, 0.25) is 0 Å². The second kappa shape index (κ2) is 52.0. The first kappa shape index (κ1) is 60.4.